The summed E-state index contributed by atoms with van der Waals surface area (Å²) in [5.74, 6) is 4.98. The summed E-state index contributed by atoms with van der Waals surface area (Å²) in [6.07, 6.45) is 17.9. The second-order valence-corrected chi connectivity index (χ2v) is 12.8. The molecule has 0 aromatic heterocycles. The molecule has 8 unspecified atom stereocenters. The summed E-state index contributed by atoms with van der Waals surface area (Å²) in [4.78, 5) is 11.5. The van der Waals surface area contributed by atoms with Crippen LogP contribution in [0.5, 0.6) is 0 Å². The third-order valence-corrected chi connectivity index (χ3v) is 10.8. The van der Waals surface area contributed by atoms with Gasteiger partial charge in [-0.1, -0.05) is 65.3 Å². The Morgan fingerprint density at radius 3 is 2.38 bits per heavy atom. The van der Waals surface area contributed by atoms with Crippen molar-refractivity contribution in [3.63, 3.8) is 0 Å². The number of carbonyl (C=O) groups excluding carboxylic acids is 1. The molecule has 4 aliphatic rings. The Kier molecular flexibility index (Phi) is 6.74. The van der Waals surface area contributed by atoms with Crippen molar-refractivity contribution < 1.29 is 9.53 Å². The molecule has 3 fully saturated rings. The molecule has 0 aromatic rings. The lowest BCUT2D eigenvalue weighted by molar-refractivity contribution is -0.152. The Morgan fingerprint density at radius 2 is 1.69 bits per heavy atom. The van der Waals surface area contributed by atoms with Gasteiger partial charge in [0.05, 0.1) is 0 Å². The van der Waals surface area contributed by atoms with E-state index in [0.717, 1.165) is 36.5 Å². The molecule has 0 bridgehead atoms. The van der Waals surface area contributed by atoms with Gasteiger partial charge in [0.25, 0.3) is 0 Å². The third kappa shape index (κ3) is 4.14. The molecule has 2 heteroatoms. The summed E-state index contributed by atoms with van der Waals surface area (Å²) in [5.41, 5.74) is 2.70. The highest BCUT2D eigenvalue weighted by atomic mass is 16.5. The first-order chi connectivity index (χ1) is 15.1. The molecule has 0 amide bonds. The van der Waals surface area contributed by atoms with Crippen LogP contribution in [-0.4, -0.2) is 12.1 Å². The highest BCUT2D eigenvalue weighted by Gasteiger charge is 2.58. The molecule has 0 heterocycles. The number of allylic oxidation sites excluding steroid dienone is 4. The van der Waals surface area contributed by atoms with Crippen molar-refractivity contribution in [2.45, 2.75) is 106 Å². The second kappa shape index (κ2) is 8.95. The van der Waals surface area contributed by atoms with Crippen LogP contribution in [0, 0.1) is 52.3 Å². The molecule has 4 aliphatic carbocycles. The van der Waals surface area contributed by atoms with E-state index in [-0.39, 0.29) is 12.1 Å². The van der Waals surface area contributed by atoms with Crippen LogP contribution in [-0.2, 0) is 9.53 Å². The quantitative estimate of drug-likeness (QED) is 0.320. The number of ether oxygens (including phenoxy) is 1. The van der Waals surface area contributed by atoms with Gasteiger partial charge >= 0.3 is 5.97 Å². The van der Waals surface area contributed by atoms with Crippen molar-refractivity contribution in [1.82, 2.24) is 0 Å². The smallest absolute Gasteiger partial charge is 0.302 e. The molecule has 0 aliphatic heterocycles. The van der Waals surface area contributed by atoms with E-state index in [4.69, 9.17) is 4.74 Å². The molecule has 0 aromatic carbocycles. The van der Waals surface area contributed by atoms with Crippen LogP contribution in [0.1, 0.15) is 99.8 Å². The molecule has 0 saturated heterocycles. The highest BCUT2D eigenvalue weighted by Crippen LogP contribution is 2.66. The van der Waals surface area contributed by atoms with Gasteiger partial charge in [-0.05, 0) is 104 Å². The van der Waals surface area contributed by atoms with E-state index in [2.05, 4.69) is 59.8 Å². The van der Waals surface area contributed by atoms with Crippen LogP contribution in [0.2, 0.25) is 0 Å². The van der Waals surface area contributed by atoms with Crippen molar-refractivity contribution in [3.8, 4) is 0 Å². The first kappa shape index (κ1) is 24.1. The molecule has 3 saturated carbocycles. The number of fused-ring (bicyclic) bond motifs is 5. The highest BCUT2D eigenvalue weighted by molar-refractivity contribution is 5.66. The normalized spacial score (nSPS) is 43.2. The van der Waals surface area contributed by atoms with E-state index >= 15 is 0 Å². The minimum Gasteiger partial charge on any atom is -0.463 e. The van der Waals surface area contributed by atoms with Gasteiger partial charge in [0.2, 0.25) is 0 Å². The van der Waals surface area contributed by atoms with Crippen molar-refractivity contribution in [2.24, 2.45) is 52.3 Å². The predicted molar refractivity (Wildman–Crippen MR) is 133 cm³/mol. The maximum absolute atomic E-state index is 11.5. The lowest BCUT2D eigenvalue weighted by atomic mass is 9.47. The van der Waals surface area contributed by atoms with Gasteiger partial charge in [-0.3, -0.25) is 4.79 Å². The van der Waals surface area contributed by atoms with Gasteiger partial charge < -0.3 is 4.74 Å². The third-order valence-electron chi connectivity index (χ3n) is 10.8. The van der Waals surface area contributed by atoms with Crippen molar-refractivity contribution >= 4 is 5.97 Å². The predicted octanol–water partition coefficient (Wildman–Crippen LogP) is 7.98. The summed E-state index contributed by atoms with van der Waals surface area (Å²) in [6.45, 7) is 16.3. The van der Waals surface area contributed by atoms with Gasteiger partial charge in [0.15, 0.2) is 0 Å². The van der Waals surface area contributed by atoms with E-state index in [9.17, 15) is 4.79 Å². The van der Waals surface area contributed by atoms with E-state index in [0.29, 0.717) is 28.6 Å². The monoisotopic (exact) mass is 440 g/mol. The molecule has 0 N–H and O–H groups in total. The Morgan fingerprint density at radius 1 is 1.00 bits per heavy atom. The van der Waals surface area contributed by atoms with Crippen molar-refractivity contribution in [2.75, 3.05) is 0 Å². The van der Waals surface area contributed by atoms with Crippen LogP contribution >= 0.6 is 0 Å². The minimum atomic E-state index is -0.109. The molecule has 180 valence electrons. The minimum absolute atomic E-state index is 0.109. The largest absolute Gasteiger partial charge is 0.463 e. The summed E-state index contributed by atoms with van der Waals surface area (Å²) < 4.78 is 5.64. The molecule has 0 radical (unpaired) electrons. The Balaban J connectivity index is 1.51. The van der Waals surface area contributed by atoms with Gasteiger partial charge in [0, 0.05) is 6.92 Å². The lowest BCUT2D eigenvalue weighted by Gasteiger charge is -2.58. The van der Waals surface area contributed by atoms with Crippen molar-refractivity contribution in [3.05, 3.63) is 23.8 Å². The van der Waals surface area contributed by atoms with E-state index in [1.165, 1.54) is 38.5 Å². The maximum atomic E-state index is 11.5. The molecule has 9 atom stereocenters. The number of hydrogen-bond acceptors (Lipinski definition) is 2. The van der Waals surface area contributed by atoms with Gasteiger partial charge in [0.1, 0.15) is 6.10 Å². The molecular formula is C30H48O2. The molecule has 0 spiro atoms. The van der Waals surface area contributed by atoms with Crippen LogP contribution in [0.4, 0.5) is 0 Å². The maximum Gasteiger partial charge on any atom is 0.302 e. The number of carbonyl (C=O) groups is 1. The zero-order chi connectivity index (χ0) is 23.3. The van der Waals surface area contributed by atoms with E-state index in [1.54, 1.807) is 6.92 Å². The zero-order valence-electron chi connectivity index (χ0n) is 21.8. The second-order valence-electron chi connectivity index (χ2n) is 12.8. The Hall–Kier alpha value is -1.05. The summed E-state index contributed by atoms with van der Waals surface area (Å²) in [5, 5.41) is 0. The van der Waals surface area contributed by atoms with Crippen LogP contribution < -0.4 is 0 Å². The Bertz CT molecular complexity index is 763. The average Bonchev–Trinajstić information content (AvgIpc) is 3.08. The van der Waals surface area contributed by atoms with Crippen LogP contribution in [0.25, 0.3) is 0 Å². The standard InChI is InChI=1S/C30H48O2/c1-19(2)20(3)8-9-21(4)26-12-13-27-25-11-10-23-18-24(32-22(5)31)14-16-29(23,6)28(25)15-17-30(26,27)7/h8-9,11,19-21,23-24,26-28H,10,12-18H2,1-7H3/b9-8+/t20?,21-,23?,24?,26?,27?,28?,29?,30?/m1/s1. The summed E-state index contributed by atoms with van der Waals surface area (Å²) in [6, 6.07) is 0. The zero-order valence-corrected chi connectivity index (χ0v) is 21.8. The lowest BCUT2D eigenvalue weighted by Crippen LogP contribution is -2.50. The molecular weight excluding hydrogens is 392 g/mol. The average molecular weight is 441 g/mol. The topological polar surface area (TPSA) is 26.3 Å². The first-order valence-electron chi connectivity index (χ1n) is 13.6. The summed E-state index contributed by atoms with van der Waals surface area (Å²) >= 11 is 0. The van der Waals surface area contributed by atoms with Crippen LogP contribution in [0.3, 0.4) is 0 Å². The fraction of sp³-hybridized carbons (Fsp3) is 0.833. The van der Waals surface area contributed by atoms with Crippen molar-refractivity contribution in [1.29, 1.82) is 0 Å². The summed E-state index contributed by atoms with van der Waals surface area (Å²) in [7, 11) is 0. The van der Waals surface area contributed by atoms with E-state index in [1.807, 2.05) is 5.57 Å². The van der Waals surface area contributed by atoms with E-state index < -0.39 is 0 Å². The number of rotatable bonds is 5. The van der Waals surface area contributed by atoms with Crippen LogP contribution in [0.15, 0.2) is 23.8 Å². The number of esters is 1. The molecule has 4 rings (SSSR count). The molecule has 2 nitrogen and oxygen atoms in total. The molecule has 32 heavy (non-hydrogen) atoms. The van der Waals surface area contributed by atoms with Gasteiger partial charge in [-0.2, -0.15) is 0 Å². The Labute approximate surface area is 197 Å². The van der Waals surface area contributed by atoms with Gasteiger partial charge in [-0.25, -0.2) is 0 Å². The number of hydrogen-bond donors (Lipinski definition) is 0. The fourth-order valence-corrected chi connectivity index (χ4v) is 8.43. The SMILES string of the molecule is CC(=O)OC1CCC2(C)C(CC=C3C2CCC2(C)C3CCC2[C@H](C)/C=C/C(C)C(C)C)C1. The fourth-order valence-electron chi connectivity index (χ4n) is 8.43. The van der Waals surface area contributed by atoms with Gasteiger partial charge in [-0.15, -0.1) is 0 Å². The first-order valence-corrected chi connectivity index (χ1v) is 13.6.